The van der Waals surface area contributed by atoms with Crippen molar-refractivity contribution in [3.63, 3.8) is 0 Å². The van der Waals surface area contributed by atoms with Crippen molar-refractivity contribution < 1.29 is 37.0 Å². The summed E-state index contributed by atoms with van der Waals surface area (Å²) in [5.74, 6) is -0.415. The number of halogens is 3. The molecule has 1 atom stereocenters. The summed E-state index contributed by atoms with van der Waals surface area (Å²) in [7, 11) is 0. The van der Waals surface area contributed by atoms with Crippen LogP contribution in [0, 0.1) is 0 Å². The van der Waals surface area contributed by atoms with Gasteiger partial charge in [-0.15, -0.1) is 11.3 Å². The monoisotopic (exact) mass is 700 g/mol. The highest BCUT2D eigenvalue weighted by Crippen LogP contribution is 2.42. The van der Waals surface area contributed by atoms with Crippen molar-refractivity contribution in [3.05, 3.63) is 101 Å². The molecule has 50 heavy (non-hydrogen) atoms. The zero-order valence-electron chi connectivity index (χ0n) is 26.7. The van der Waals surface area contributed by atoms with Crippen molar-refractivity contribution in [2.45, 2.75) is 44.4 Å². The molecule has 1 unspecified atom stereocenters. The molecular formula is C37H31F3N4O5S. The van der Waals surface area contributed by atoms with Crippen LogP contribution in [0.2, 0.25) is 0 Å². The van der Waals surface area contributed by atoms with E-state index < -0.39 is 23.7 Å². The Hall–Kier alpha value is -5.14. The lowest BCUT2D eigenvalue weighted by atomic mass is 10.00. The summed E-state index contributed by atoms with van der Waals surface area (Å²) in [4.78, 5) is 46.7. The molecule has 0 radical (unpaired) electrons. The number of piperidine rings is 1. The number of fused-ring (bicyclic) bond motifs is 2. The zero-order valence-corrected chi connectivity index (χ0v) is 27.5. The maximum absolute atomic E-state index is 14.1. The van der Waals surface area contributed by atoms with Crippen molar-refractivity contribution in [1.82, 2.24) is 20.2 Å². The second-order valence-electron chi connectivity index (χ2n) is 12.1. The van der Waals surface area contributed by atoms with Gasteiger partial charge in [-0.1, -0.05) is 24.3 Å². The number of alkyl halides is 3. The number of imide groups is 1. The number of nitrogens with zero attached hydrogens (tertiary/aromatic N) is 3. The molecule has 13 heteroatoms. The molecule has 1 N–H and O–H groups in total. The first-order chi connectivity index (χ1) is 24.1. The highest BCUT2D eigenvalue weighted by Gasteiger charge is 2.39. The Morgan fingerprint density at radius 1 is 0.940 bits per heavy atom. The quantitative estimate of drug-likeness (QED) is 0.119. The van der Waals surface area contributed by atoms with Crippen molar-refractivity contribution in [2.75, 3.05) is 19.8 Å². The molecule has 9 nitrogen and oxygen atoms in total. The van der Waals surface area contributed by atoms with Gasteiger partial charge in [0.25, 0.3) is 5.91 Å². The summed E-state index contributed by atoms with van der Waals surface area (Å²) in [6.07, 6.45) is 0.531. The summed E-state index contributed by atoms with van der Waals surface area (Å²) >= 11 is 1.24. The Morgan fingerprint density at radius 2 is 1.80 bits per heavy atom. The molecule has 0 saturated carbocycles. The van der Waals surface area contributed by atoms with Gasteiger partial charge in [0.15, 0.2) is 0 Å². The molecule has 2 aliphatic heterocycles. The predicted molar refractivity (Wildman–Crippen MR) is 180 cm³/mol. The molecule has 2 aliphatic rings. The summed E-state index contributed by atoms with van der Waals surface area (Å²) < 4.78 is 54.9. The predicted octanol–water partition coefficient (Wildman–Crippen LogP) is 6.83. The molecule has 0 aliphatic carbocycles. The molecule has 5 aromatic rings. The third-order valence-electron chi connectivity index (χ3n) is 8.75. The largest absolute Gasteiger partial charge is 0.491 e. The van der Waals surface area contributed by atoms with Crippen LogP contribution in [-0.2, 0) is 33.5 Å². The average Bonchev–Trinajstić information content (AvgIpc) is 3.67. The van der Waals surface area contributed by atoms with Crippen LogP contribution in [0.5, 0.6) is 5.75 Å². The number of aryl methyl sites for hydroxylation is 1. The lowest BCUT2D eigenvalue weighted by Crippen LogP contribution is -2.52. The van der Waals surface area contributed by atoms with Crippen LogP contribution in [0.3, 0.4) is 0 Å². The standard InChI is InChI=1S/C37H31F3N4O5S/c38-37(39,40)29-19-23(24-4-1-13-41-20-24)6-8-28(29)35-42-30-10-5-22(17-32(30)50-35)3-2-14-48-15-16-49-26-7-9-27-25(18-26)21-44(36(27)47)31-11-12-33(45)43-34(31)46/h1,4-10,13,17-20,31H,2-3,11-12,14-16,21H2,(H,43,45,46). The van der Waals surface area contributed by atoms with E-state index in [0.29, 0.717) is 59.2 Å². The minimum atomic E-state index is -4.55. The molecule has 1 fully saturated rings. The highest BCUT2D eigenvalue weighted by atomic mass is 32.1. The molecule has 2 aromatic heterocycles. The number of pyridine rings is 1. The molecule has 256 valence electrons. The van der Waals surface area contributed by atoms with Crippen LogP contribution in [0.15, 0.2) is 79.1 Å². The van der Waals surface area contributed by atoms with Gasteiger partial charge in [-0.25, -0.2) is 4.98 Å². The van der Waals surface area contributed by atoms with Crippen LogP contribution in [-0.4, -0.2) is 58.5 Å². The Bertz CT molecular complexity index is 2090. The van der Waals surface area contributed by atoms with E-state index in [2.05, 4.69) is 15.3 Å². The van der Waals surface area contributed by atoms with Crippen LogP contribution in [0.4, 0.5) is 13.2 Å². The lowest BCUT2D eigenvalue weighted by Gasteiger charge is -2.29. The number of rotatable bonds is 11. The van der Waals surface area contributed by atoms with E-state index in [1.165, 1.54) is 28.5 Å². The minimum absolute atomic E-state index is 0.0473. The van der Waals surface area contributed by atoms with Gasteiger partial charge in [0, 0.05) is 48.7 Å². The van der Waals surface area contributed by atoms with Crippen molar-refractivity contribution in [3.8, 4) is 27.4 Å². The molecule has 0 bridgehead atoms. The Kier molecular flexibility index (Phi) is 9.34. The van der Waals surface area contributed by atoms with Crippen molar-refractivity contribution in [2.24, 2.45) is 0 Å². The number of thiazole rings is 1. The second-order valence-corrected chi connectivity index (χ2v) is 13.1. The first-order valence-electron chi connectivity index (χ1n) is 16.1. The number of hydrogen-bond acceptors (Lipinski definition) is 8. The topological polar surface area (TPSA) is 111 Å². The summed E-state index contributed by atoms with van der Waals surface area (Å²) in [5, 5.41) is 2.61. The number of benzene rings is 3. The third-order valence-corrected chi connectivity index (χ3v) is 9.80. The Labute approximate surface area is 289 Å². The molecule has 4 heterocycles. The van der Waals surface area contributed by atoms with Gasteiger partial charge in [-0.3, -0.25) is 24.7 Å². The van der Waals surface area contributed by atoms with E-state index in [1.54, 1.807) is 42.6 Å². The number of nitrogens with one attached hydrogen (secondary N) is 1. The Balaban J connectivity index is 0.897. The zero-order chi connectivity index (χ0) is 34.8. The third kappa shape index (κ3) is 7.10. The van der Waals surface area contributed by atoms with Gasteiger partial charge in [0.1, 0.15) is 23.4 Å². The lowest BCUT2D eigenvalue weighted by molar-refractivity contribution is -0.138. The van der Waals surface area contributed by atoms with E-state index in [0.717, 1.165) is 34.7 Å². The van der Waals surface area contributed by atoms with Crippen molar-refractivity contribution >= 4 is 39.3 Å². The van der Waals surface area contributed by atoms with Gasteiger partial charge >= 0.3 is 6.18 Å². The molecule has 3 amide bonds. The smallest absolute Gasteiger partial charge is 0.417 e. The number of carbonyl (C=O) groups is 3. The van der Waals surface area contributed by atoms with Crippen LogP contribution < -0.4 is 10.1 Å². The fourth-order valence-corrected chi connectivity index (χ4v) is 7.33. The minimum Gasteiger partial charge on any atom is -0.491 e. The van der Waals surface area contributed by atoms with E-state index >= 15 is 0 Å². The maximum Gasteiger partial charge on any atom is 0.417 e. The average molecular weight is 701 g/mol. The van der Waals surface area contributed by atoms with Crippen molar-refractivity contribution in [1.29, 1.82) is 0 Å². The number of hydrogen-bond donors (Lipinski definition) is 1. The number of carbonyl (C=O) groups excluding carboxylic acids is 3. The molecule has 7 rings (SSSR count). The van der Waals surface area contributed by atoms with Gasteiger partial charge in [-0.05, 0) is 78.4 Å². The highest BCUT2D eigenvalue weighted by molar-refractivity contribution is 7.21. The Morgan fingerprint density at radius 3 is 2.60 bits per heavy atom. The van der Waals surface area contributed by atoms with Crippen LogP contribution >= 0.6 is 11.3 Å². The fraction of sp³-hybridized carbons (Fsp3) is 0.270. The molecule has 0 spiro atoms. The van der Waals surface area contributed by atoms with E-state index in [9.17, 15) is 27.6 Å². The first-order valence-corrected chi connectivity index (χ1v) is 17.0. The van der Waals surface area contributed by atoms with E-state index in [4.69, 9.17) is 9.47 Å². The van der Waals surface area contributed by atoms with Gasteiger partial charge in [0.05, 0.1) is 22.4 Å². The second kappa shape index (κ2) is 14.0. The van der Waals surface area contributed by atoms with Gasteiger partial charge < -0.3 is 14.4 Å². The van der Waals surface area contributed by atoms with Crippen LogP contribution in [0.25, 0.3) is 31.9 Å². The number of aromatic nitrogens is 2. The molecule has 1 saturated heterocycles. The van der Waals surface area contributed by atoms with E-state index in [1.807, 2.05) is 18.2 Å². The number of ether oxygens (including phenoxy) is 2. The fourth-order valence-electron chi connectivity index (χ4n) is 6.26. The summed E-state index contributed by atoms with van der Waals surface area (Å²) in [6, 6.07) is 18.0. The maximum atomic E-state index is 14.1. The first kappa shape index (κ1) is 33.4. The normalized spacial score (nSPS) is 16.2. The summed E-state index contributed by atoms with van der Waals surface area (Å²) in [6.45, 7) is 1.43. The van der Waals surface area contributed by atoms with Crippen LogP contribution in [0.1, 0.15) is 46.3 Å². The van der Waals surface area contributed by atoms with Gasteiger partial charge in [-0.2, -0.15) is 13.2 Å². The number of amides is 3. The SMILES string of the molecule is O=C1CCC(N2Cc3cc(OCCOCCCc4ccc5nc(-c6ccc(-c7cccnc7)cc6C(F)(F)F)sc5c4)ccc3C2=O)C(=O)N1. The van der Waals surface area contributed by atoms with E-state index in [-0.39, 0.29) is 30.3 Å². The molecule has 3 aromatic carbocycles. The van der Waals surface area contributed by atoms with Gasteiger partial charge in [0.2, 0.25) is 11.8 Å². The summed E-state index contributed by atoms with van der Waals surface area (Å²) in [5.41, 5.74) is 3.32. The molecular weight excluding hydrogens is 669 g/mol.